The highest BCUT2D eigenvalue weighted by Crippen LogP contribution is 2.07. The maximum Gasteiger partial charge on any atom is 0.224 e. The number of rotatable bonds is 6. The first-order valence-corrected chi connectivity index (χ1v) is 5.79. The highest BCUT2D eigenvalue weighted by molar-refractivity contribution is 7.09. The van der Waals surface area contributed by atoms with Gasteiger partial charge in [-0.1, -0.05) is 18.2 Å². The second kappa shape index (κ2) is 6.79. The third-order valence-electron chi connectivity index (χ3n) is 1.83. The summed E-state index contributed by atoms with van der Waals surface area (Å²) < 4.78 is 0. The van der Waals surface area contributed by atoms with E-state index in [-0.39, 0.29) is 18.7 Å². The summed E-state index contributed by atoms with van der Waals surface area (Å²) in [6.45, 7) is 0.556. The standard InChI is InChI=1S/C11H14N2O2S/c12-10(14)5-1-2-6-11(15)13-8-9-4-3-7-16-9/h1-4,7H,5-6,8H2,(H2,12,14)(H,13,15). The van der Waals surface area contributed by atoms with E-state index >= 15 is 0 Å². The number of hydrogen-bond donors (Lipinski definition) is 2. The molecule has 0 aliphatic rings. The molecule has 0 aliphatic heterocycles. The first kappa shape index (κ1) is 12.4. The number of primary amides is 1. The van der Waals surface area contributed by atoms with E-state index in [2.05, 4.69) is 5.32 Å². The Bertz CT molecular complexity index is 371. The summed E-state index contributed by atoms with van der Waals surface area (Å²) in [7, 11) is 0. The molecule has 86 valence electrons. The number of nitrogens with two attached hydrogens (primary N) is 1. The predicted octanol–water partition coefficient (Wildman–Crippen LogP) is 1.19. The van der Waals surface area contributed by atoms with E-state index in [1.807, 2.05) is 17.5 Å². The van der Waals surface area contributed by atoms with Crippen LogP contribution in [-0.2, 0) is 16.1 Å². The van der Waals surface area contributed by atoms with E-state index in [1.54, 1.807) is 23.5 Å². The molecule has 5 heteroatoms. The average molecular weight is 238 g/mol. The van der Waals surface area contributed by atoms with Gasteiger partial charge in [0.15, 0.2) is 0 Å². The minimum atomic E-state index is -0.393. The molecule has 1 rings (SSSR count). The predicted molar refractivity (Wildman–Crippen MR) is 63.7 cm³/mol. The number of thiophene rings is 1. The molecule has 16 heavy (non-hydrogen) atoms. The molecular weight excluding hydrogens is 224 g/mol. The normalized spacial score (nSPS) is 10.5. The molecule has 3 N–H and O–H groups in total. The van der Waals surface area contributed by atoms with Crippen LogP contribution in [0.3, 0.4) is 0 Å². The van der Waals surface area contributed by atoms with Crippen molar-refractivity contribution in [2.45, 2.75) is 19.4 Å². The Morgan fingerprint density at radius 3 is 2.75 bits per heavy atom. The molecule has 0 saturated heterocycles. The van der Waals surface area contributed by atoms with Crippen molar-refractivity contribution in [3.05, 3.63) is 34.5 Å². The quantitative estimate of drug-likeness (QED) is 0.731. The number of hydrogen-bond acceptors (Lipinski definition) is 3. The van der Waals surface area contributed by atoms with Gasteiger partial charge in [0.2, 0.25) is 11.8 Å². The topological polar surface area (TPSA) is 72.2 Å². The molecule has 4 nitrogen and oxygen atoms in total. The highest BCUT2D eigenvalue weighted by Gasteiger charge is 1.98. The Labute approximate surface area is 98.1 Å². The van der Waals surface area contributed by atoms with Crippen LogP contribution in [0.1, 0.15) is 17.7 Å². The van der Waals surface area contributed by atoms with E-state index < -0.39 is 5.91 Å². The highest BCUT2D eigenvalue weighted by atomic mass is 32.1. The first-order chi connectivity index (χ1) is 7.68. The summed E-state index contributed by atoms with van der Waals surface area (Å²) in [6.07, 6.45) is 3.71. The molecule has 0 fully saturated rings. The van der Waals surface area contributed by atoms with Crippen molar-refractivity contribution in [2.75, 3.05) is 0 Å². The largest absolute Gasteiger partial charge is 0.369 e. The van der Waals surface area contributed by atoms with Gasteiger partial charge in [-0.2, -0.15) is 0 Å². The van der Waals surface area contributed by atoms with E-state index in [1.165, 1.54) is 0 Å². The lowest BCUT2D eigenvalue weighted by atomic mass is 10.3. The summed E-state index contributed by atoms with van der Waals surface area (Å²) in [4.78, 5) is 22.8. The third kappa shape index (κ3) is 5.31. The average Bonchev–Trinajstić information content (AvgIpc) is 2.74. The minimum Gasteiger partial charge on any atom is -0.369 e. The molecule has 0 aromatic carbocycles. The van der Waals surface area contributed by atoms with Gasteiger partial charge < -0.3 is 11.1 Å². The maximum atomic E-state index is 11.3. The molecule has 0 unspecified atom stereocenters. The maximum absolute atomic E-state index is 11.3. The van der Waals surface area contributed by atoms with Crippen molar-refractivity contribution in [1.29, 1.82) is 0 Å². The number of nitrogens with one attached hydrogen (secondary N) is 1. The first-order valence-electron chi connectivity index (χ1n) is 4.91. The van der Waals surface area contributed by atoms with Gasteiger partial charge in [0.1, 0.15) is 0 Å². The molecule has 2 amide bonds. The zero-order chi connectivity index (χ0) is 11.8. The van der Waals surface area contributed by atoms with Crippen LogP contribution in [0.2, 0.25) is 0 Å². The summed E-state index contributed by atoms with van der Waals surface area (Å²) in [5.74, 6) is -0.454. The van der Waals surface area contributed by atoms with Crippen LogP contribution in [-0.4, -0.2) is 11.8 Å². The van der Waals surface area contributed by atoms with Crippen molar-refractivity contribution in [1.82, 2.24) is 5.32 Å². The summed E-state index contributed by atoms with van der Waals surface area (Å²) in [5, 5.41) is 4.74. The van der Waals surface area contributed by atoms with Crippen LogP contribution in [0.4, 0.5) is 0 Å². The van der Waals surface area contributed by atoms with Gasteiger partial charge in [0.25, 0.3) is 0 Å². The molecule has 1 aromatic rings. The molecular formula is C11H14N2O2S. The molecule has 0 spiro atoms. The van der Waals surface area contributed by atoms with Crippen LogP contribution >= 0.6 is 11.3 Å². The lowest BCUT2D eigenvalue weighted by molar-refractivity contribution is -0.120. The fourth-order valence-corrected chi connectivity index (χ4v) is 1.71. The second-order valence-corrected chi connectivity index (χ2v) is 4.23. The number of carbonyl (C=O) groups excluding carboxylic acids is 2. The minimum absolute atomic E-state index is 0.0610. The van der Waals surface area contributed by atoms with E-state index in [4.69, 9.17) is 5.73 Å². The van der Waals surface area contributed by atoms with Crippen molar-refractivity contribution < 1.29 is 9.59 Å². The van der Waals surface area contributed by atoms with Gasteiger partial charge in [-0.05, 0) is 11.4 Å². The molecule has 0 saturated carbocycles. The van der Waals surface area contributed by atoms with Crippen molar-refractivity contribution >= 4 is 23.2 Å². The molecule has 0 bridgehead atoms. The second-order valence-electron chi connectivity index (χ2n) is 3.20. The Kier molecular flexibility index (Phi) is 5.28. The zero-order valence-electron chi connectivity index (χ0n) is 8.81. The number of amides is 2. The smallest absolute Gasteiger partial charge is 0.224 e. The molecule has 0 aliphatic carbocycles. The molecule has 1 heterocycles. The Morgan fingerprint density at radius 2 is 2.12 bits per heavy atom. The lowest BCUT2D eigenvalue weighted by Gasteiger charge is -2.00. The van der Waals surface area contributed by atoms with E-state index in [9.17, 15) is 9.59 Å². The fraction of sp³-hybridized carbons (Fsp3) is 0.273. The van der Waals surface area contributed by atoms with Crippen LogP contribution < -0.4 is 11.1 Å². The fourth-order valence-electron chi connectivity index (χ4n) is 1.06. The Morgan fingerprint density at radius 1 is 1.38 bits per heavy atom. The lowest BCUT2D eigenvalue weighted by Crippen LogP contribution is -2.21. The van der Waals surface area contributed by atoms with Crippen LogP contribution in [0.25, 0.3) is 0 Å². The summed E-state index contributed by atoms with van der Waals surface area (Å²) in [6, 6.07) is 3.91. The van der Waals surface area contributed by atoms with Gasteiger partial charge in [0, 0.05) is 17.7 Å². The number of carbonyl (C=O) groups is 2. The molecule has 0 radical (unpaired) electrons. The van der Waals surface area contributed by atoms with Crippen molar-refractivity contribution in [2.24, 2.45) is 5.73 Å². The third-order valence-corrected chi connectivity index (χ3v) is 2.71. The van der Waals surface area contributed by atoms with Crippen molar-refractivity contribution in [3.63, 3.8) is 0 Å². The monoisotopic (exact) mass is 238 g/mol. The van der Waals surface area contributed by atoms with Gasteiger partial charge in [-0.25, -0.2) is 0 Å². The Hall–Kier alpha value is -1.62. The van der Waals surface area contributed by atoms with Gasteiger partial charge in [-0.3, -0.25) is 9.59 Å². The van der Waals surface area contributed by atoms with Crippen LogP contribution in [0.15, 0.2) is 29.7 Å². The van der Waals surface area contributed by atoms with E-state index in [0.29, 0.717) is 6.54 Å². The van der Waals surface area contributed by atoms with Gasteiger partial charge >= 0.3 is 0 Å². The van der Waals surface area contributed by atoms with Gasteiger partial charge in [0.05, 0.1) is 6.54 Å². The molecule has 1 aromatic heterocycles. The van der Waals surface area contributed by atoms with E-state index in [0.717, 1.165) is 4.88 Å². The zero-order valence-corrected chi connectivity index (χ0v) is 9.63. The molecule has 0 atom stereocenters. The van der Waals surface area contributed by atoms with Gasteiger partial charge in [-0.15, -0.1) is 11.3 Å². The SMILES string of the molecule is NC(=O)CC=CCC(=O)NCc1cccs1. The Balaban J connectivity index is 2.16. The summed E-state index contributed by atoms with van der Waals surface area (Å²) in [5.41, 5.74) is 4.94. The van der Waals surface area contributed by atoms with Crippen LogP contribution in [0, 0.1) is 0 Å². The summed E-state index contributed by atoms with van der Waals surface area (Å²) >= 11 is 1.60. The van der Waals surface area contributed by atoms with Crippen molar-refractivity contribution in [3.8, 4) is 0 Å². The van der Waals surface area contributed by atoms with Crippen LogP contribution in [0.5, 0.6) is 0 Å².